The highest BCUT2D eigenvalue weighted by Gasteiger charge is 2.28. The lowest BCUT2D eigenvalue weighted by Crippen LogP contribution is -2.19. The highest BCUT2D eigenvalue weighted by molar-refractivity contribution is 7.80. The second-order valence-electron chi connectivity index (χ2n) is 2.28. The molecule has 1 atom stereocenters. The van der Waals surface area contributed by atoms with Crippen LogP contribution in [0.5, 0.6) is 0 Å². The number of carbonyl (C=O) groups excluding carboxylic acids is 1. The molecule has 1 N–H and O–H groups in total. The maximum Gasteiger partial charge on any atom is 0.252 e. The Kier molecular flexibility index (Phi) is 1.85. The fourth-order valence-corrected chi connectivity index (χ4v) is 1.23. The van der Waals surface area contributed by atoms with E-state index >= 15 is 0 Å². The predicted octanol–water partition coefficient (Wildman–Crippen LogP) is 1.03. The fourth-order valence-electron chi connectivity index (χ4n) is 1.01. The summed E-state index contributed by atoms with van der Waals surface area (Å²) in [7, 11) is 0. The van der Waals surface area contributed by atoms with Crippen molar-refractivity contribution in [3.8, 4) is 0 Å². The molecule has 3 heteroatoms. The summed E-state index contributed by atoms with van der Waals surface area (Å²) < 4.78 is 0. The molecule has 0 radical (unpaired) electrons. The predicted molar refractivity (Wildman–Crippen MR) is 43.7 cm³/mol. The summed E-state index contributed by atoms with van der Waals surface area (Å²) in [6.07, 6.45) is 1.80. The van der Waals surface area contributed by atoms with Crippen molar-refractivity contribution in [3.05, 3.63) is 11.6 Å². The summed E-state index contributed by atoms with van der Waals surface area (Å²) >= 11 is 4.89. The zero-order valence-corrected chi connectivity index (χ0v) is 6.79. The Balaban J connectivity index is 2.95. The van der Waals surface area contributed by atoms with E-state index in [-0.39, 0.29) is 11.8 Å². The largest absolute Gasteiger partial charge is 0.316 e. The van der Waals surface area contributed by atoms with Gasteiger partial charge in [-0.15, -0.1) is 0 Å². The van der Waals surface area contributed by atoms with Gasteiger partial charge in [0, 0.05) is 11.5 Å². The summed E-state index contributed by atoms with van der Waals surface area (Å²) in [5.41, 5.74) is 0.782. The van der Waals surface area contributed by atoms with Crippen molar-refractivity contribution < 1.29 is 4.79 Å². The Bertz CT molecular complexity index is 220. The fraction of sp³-hybridized carbons (Fsp3) is 0.429. The first-order valence-electron chi connectivity index (χ1n) is 3.18. The van der Waals surface area contributed by atoms with Gasteiger partial charge in [0.25, 0.3) is 5.91 Å². The van der Waals surface area contributed by atoms with Crippen LogP contribution in [-0.2, 0) is 4.79 Å². The van der Waals surface area contributed by atoms with Crippen molar-refractivity contribution in [1.82, 2.24) is 5.32 Å². The summed E-state index contributed by atoms with van der Waals surface area (Å²) in [6.45, 7) is 3.77. The monoisotopic (exact) mass is 155 g/mol. The van der Waals surface area contributed by atoms with E-state index in [0.717, 1.165) is 5.57 Å². The zero-order valence-electron chi connectivity index (χ0n) is 5.97. The Morgan fingerprint density at radius 1 is 1.70 bits per heavy atom. The van der Waals surface area contributed by atoms with Crippen molar-refractivity contribution in [1.29, 1.82) is 0 Å². The van der Waals surface area contributed by atoms with Gasteiger partial charge in [-0.3, -0.25) is 4.79 Å². The number of hydrogen-bond acceptors (Lipinski definition) is 2. The molecule has 0 spiro atoms. The average Bonchev–Trinajstić information content (AvgIpc) is 2.09. The van der Waals surface area contributed by atoms with Gasteiger partial charge in [0.05, 0.1) is 4.99 Å². The molecule has 1 fully saturated rings. The second-order valence-corrected chi connectivity index (χ2v) is 2.72. The molecule has 1 unspecified atom stereocenters. The number of hydrogen-bond donors (Lipinski definition) is 1. The van der Waals surface area contributed by atoms with E-state index < -0.39 is 0 Å². The van der Waals surface area contributed by atoms with E-state index in [0.29, 0.717) is 4.99 Å². The van der Waals surface area contributed by atoms with Gasteiger partial charge in [0.15, 0.2) is 0 Å². The maximum absolute atomic E-state index is 11.0. The number of allylic oxidation sites excluding steroid dienone is 1. The van der Waals surface area contributed by atoms with E-state index in [9.17, 15) is 4.79 Å². The summed E-state index contributed by atoms with van der Waals surface area (Å²) in [4.78, 5) is 11.6. The van der Waals surface area contributed by atoms with Crippen LogP contribution in [0.1, 0.15) is 13.8 Å². The van der Waals surface area contributed by atoms with E-state index in [2.05, 4.69) is 5.32 Å². The summed E-state index contributed by atoms with van der Waals surface area (Å²) in [5, 5.41) is 2.59. The molecule has 0 aromatic rings. The van der Waals surface area contributed by atoms with Crippen LogP contribution >= 0.6 is 12.2 Å². The van der Waals surface area contributed by atoms with Crippen LogP contribution < -0.4 is 5.32 Å². The second kappa shape index (κ2) is 2.50. The van der Waals surface area contributed by atoms with Crippen molar-refractivity contribution in [2.45, 2.75) is 13.8 Å². The third-order valence-corrected chi connectivity index (χ3v) is 2.13. The molecular formula is C7H9NOS. The van der Waals surface area contributed by atoms with E-state index in [1.807, 2.05) is 13.8 Å². The first-order valence-corrected chi connectivity index (χ1v) is 3.59. The van der Waals surface area contributed by atoms with Gasteiger partial charge in [-0.2, -0.15) is 0 Å². The van der Waals surface area contributed by atoms with E-state index in [1.165, 1.54) is 0 Å². The molecule has 1 aliphatic rings. The normalized spacial score (nSPS) is 29.4. The highest BCUT2D eigenvalue weighted by Crippen LogP contribution is 2.17. The molecule has 0 saturated carbocycles. The molecule has 1 saturated heterocycles. The lowest BCUT2D eigenvalue weighted by Gasteiger charge is -1.97. The smallest absolute Gasteiger partial charge is 0.252 e. The van der Waals surface area contributed by atoms with Gasteiger partial charge in [-0.25, -0.2) is 0 Å². The van der Waals surface area contributed by atoms with Crippen LogP contribution in [0, 0.1) is 5.92 Å². The number of nitrogens with one attached hydrogen (secondary N) is 1. The Morgan fingerprint density at radius 2 is 2.30 bits per heavy atom. The van der Waals surface area contributed by atoms with Gasteiger partial charge in [0.2, 0.25) is 0 Å². The topological polar surface area (TPSA) is 29.1 Å². The van der Waals surface area contributed by atoms with Gasteiger partial charge in [0.1, 0.15) is 0 Å². The molecule has 1 amide bonds. The van der Waals surface area contributed by atoms with Gasteiger partial charge < -0.3 is 5.32 Å². The maximum atomic E-state index is 11.0. The molecule has 0 bridgehead atoms. The third kappa shape index (κ3) is 0.968. The molecular weight excluding hydrogens is 146 g/mol. The molecule has 1 aliphatic heterocycles. The molecule has 1 rings (SSSR count). The average molecular weight is 155 g/mol. The number of amides is 1. The summed E-state index contributed by atoms with van der Waals surface area (Å²) in [6, 6.07) is 0. The molecule has 1 heterocycles. The Morgan fingerprint density at radius 3 is 2.50 bits per heavy atom. The van der Waals surface area contributed by atoms with Gasteiger partial charge in [-0.05, 0) is 6.92 Å². The minimum absolute atomic E-state index is 0.0417. The number of thiocarbonyl (C=S) groups is 1. The Hall–Kier alpha value is -0.700. The van der Waals surface area contributed by atoms with Crippen LogP contribution in [0.2, 0.25) is 0 Å². The van der Waals surface area contributed by atoms with E-state index in [1.54, 1.807) is 6.08 Å². The minimum atomic E-state index is -0.0417. The molecule has 54 valence electrons. The van der Waals surface area contributed by atoms with Crippen LogP contribution in [0.4, 0.5) is 0 Å². The Labute approximate surface area is 65.3 Å². The van der Waals surface area contributed by atoms with Crippen LogP contribution in [-0.4, -0.2) is 10.9 Å². The minimum Gasteiger partial charge on any atom is -0.316 e. The van der Waals surface area contributed by atoms with Crippen LogP contribution in [0.25, 0.3) is 0 Å². The number of rotatable bonds is 0. The van der Waals surface area contributed by atoms with Crippen molar-refractivity contribution >= 4 is 23.1 Å². The van der Waals surface area contributed by atoms with Crippen LogP contribution in [0.15, 0.2) is 11.6 Å². The first-order chi connectivity index (χ1) is 4.66. The lowest BCUT2D eigenvalue weighted by atomic mass is 10.1. The standard InChI is InChI=1S/C7H9NOS/c1-3-5-4(2)7(10)8-6(5)9/h3-4H,1-2H3,(H,8,9,10)/b5-3-. The number of carbonyl (C=O) groups is 1. The SMILES string of the molecule is C/C=C1\C(=O)NC(=S)C1C. The van der Waals surface area contributed by atoms with E-state index in [4.69, 9.17) is 12.2 Å². The lowest BCUT2D eigenvalue weighted by molar-refractivity contribution is -0.115. The van der Waals surface area contributed by atoms with Gasteiger partial charge in [-0.1, -0.05) is 25.2 Å². The zero-order chi connectivity index (χ0) is 7.72. The van der Waals surface area contributed by atoms with Crippen molar-refractivity contribution in [3.63, 3.8) is 0 Å². The van der Waals surface area contributed by atoms with Crippen molar-refractivity contribution in [2.24, 2.45) is 5.92 Å². The molecule has 0 aromatic carbocycles. The third-order valence-electron chi connectivity index (χ3n) is 1.67. The summed E-state index contributed by atoms with van der Waals surface area (Å²) in [5.74, 6) is 0.0625. The van der Waals surface area contributed by atoms with Crippen LogP contribution in [0.3, 0.4) is 0 Å². The quantitative estimate of drug-likeness (QED) is 0.418. The molecule has 0 aromatic heterocycles. The molecule has 10 heavy (non-hydrogen) atoms. The molecule has 2 nitrogen and oxygen atoms in total. The first kappa shape index (κ1) is 7.41. The highest BCUT2D eigenvalue weighted by atomic mass is 32.1. The van der Waals surface area contributed by atoms with Gasteiger partial charge >= 0.3 is 0 Å². The molecule has 0 aliphatic carbocycles. The van der Waals surface area contributed by atoms with Crippen molar-refractivity contribution in [2.75, 3.05) is 0 Å².